The Morgan fingerprint density at radius 1 is 1.05 bits per heavy atom. The SMILES string of the molecule is O/N=C1/CCCC1N1CCN(c2ccccc2)CC1. The molecule has 1 unspecified atom stereocenters. The molecular weight excluding hydrogens is 238 g/mol. The van der Waals surface area contributed by atoms with Crippen LogP contribution >= 0.6 is 0 Å². The van der Waals surface area contributed by atoms with E-state index in [-0.39, 0.29) is 0 Å². The predicted octanol–water partition coefficient (Wildman–Crippen LogP) is 2.19. The second kappa shape index (κ2) is 5.61. The fraction of sp³-hybridized carbons (Fsp3) is 0.533. The largest absolute Gasteiger partial charge is 0.411 e. The van der Waals surface area contributed by atoms with Crippen LogP contribution in [-0.2, 0) is 0 Å². The van der Waals surface area contributed by atoms with E-state index in [2.05, 4.69) is 45.3 Å². The molecule has 0 aromatic heterocycles. The standard InChI is InChI=1S/C15H21N3O/c19-16-14-7-4-8-15(14)18-11-9-17(10-12-18)13-5-2-1-3-6-13/h1-3,5-6,15,19H,4,7-12H2/b16-14-. The van der Waals surface area contributed by atoms with Crippen molar-refractivity contribution >= 4 is 11.4 Å². The molecule has 1 aromatic rings. The van der Waals surface area contributed by atoms with Crippen molar-refractivity contribution in [2.75, 3.05) is 31.1 Å². The maximum Gasteiger partial charge on any atom is 0.0742 e. The minimum atomic E-state index is 0.378. The van der Waals surface area contributed by atoms with Gasteiger partial charge >= 0.3 is 0 Å². The van der Waals surface area contributed by atoms with Crippen molar-refractivity contribution in [3.8, 4) is 0 Å². The van der Waals surface area contributed by atoms with Gasteiger partial charge in [0.15, 0.2) is 0 Å². The highest BCUT2D eigenvalue weighted by Gasteiger charge is 2.31. The average molecular weight is 259 g/mol. The number of hydrogen-bond acceptors (Lipinski definition) is 4. The fourth-order valence-electron chi connectivity index (χ4n) is 3.25. The van der Waals surface area contributed by atoms with Crippen LogP contribution in [0.15, 0.2) is 35.5 Å². The van der Waals surface area contributed by atoms with Crippen LogP contribution < -0.4 is 4.90 Å². The number of nitrogens with zero attached hydrogens (tertiary/aromatic N) is 3. The highest BCUT2D eigenvalue weighted by molar-refractivity contribution is 5.90. The lowest BCUT2D eigenvalue weighted by molar-refractivity contribution is 0.221. The van der Waals surface area contributed by atoms with Crippen molar-refractivity contribution in [1.82, 2.24) is 4.90 Å². The Bertz CT molecular complexity index is 438. The van der Waals surface area contributed by atoms with Crippen molar-refractivity contribution in [1.29, 1.82) is 0 Å². The third kappa shape index (κ3) is 2.59. The monoisotopic (exact) mass is 259 g/mol. The molecule has 3 rings (SSSR count). The number of piperazine rings is 1. The average Bonchev–Trinajstić information content (AvgIpc) is 2.97. The van der Waals surface area contributed by atoms with Crippen molar-refractivity contribution in [2.24, 2.45) is 5.16 Å². The Hall–Kier alpha value is -1.55. The molecule has 1 heterocycles. The van der Waals surface area contributed by atoms with Crippen molar-refractivity contribution < 1.29 is 5.21 Å². The zero-order chi connectivity index (χ0) is 13.1. The lowest BCUT2D eigenvalue weighted by atomic mass is 10.1. The van der Waals surface area contributed by atoms with Crippen molar-refractivity contribution in [3.63, 3.8) is 0 Å². The van der Waals surface area contributed by atoms with E-state index in [1.807, 2.05) is 0 Å². The molecule has 102 valence electrons. The van der Waals surface area contributed by atoms with Gasteiger partial charge in [0.25, 0.3) is 0 Å². The molecule has 2 fully saturated rings. The molecule has 1 aliphatic carbocycles. The molecule has 1 atom stereocenters. The molecule has 1 N–H and O–H groups in total. The Balaban J connectivity index is 1.61. The van der Waals surface area contributed by atoms with Gasteiger partial charge < -0.3 is 10.1 Å². The Kier molecular flexibility index (Phi) is 3.69. The van der Waals surface area contributed by atoms with Crippen LogP contribution in [0.5, 0.6) is 0 Å². The molecule has 4 nitrogen and oxygen atoms in total. The van der Waals surface area contributed by atoms with Gasteiger partial charge in [-0.1, -0.05) is 23.4 Å². The molecule has 1 aliphatic heterocycles. The number of para-hydroxylation sites is 1. The third-order valence-electron chi connectivity index (χ3n) is 4.30. The van der Waals surface area contributed by atoms with E-state index in [1.54, 1.807) is 0 Å². The first-order valence-corrected chi connectivity index (χ1v) is 7.13. The maximum atomic E-state index is 9.05. The summed E-state index contributed by atoms with van der Waals surface area (Å²) in [5, 5.41) is 12.5. The summed E-state index contributed by atoms with van der Waals surface area (Å²) in [7, 11) is 0. The van der Waals surface area contributed by atoms with Crippen LogP contribution in [0, 0.1) is 0 Å². The Labute approximate surface area is 114 Å². The van der Waals surface area contributed by atoms with E-state index < -0.39 is 0 Å². The minimum Gasteiger partial charge on any atom is -0.411 e. The summed E-state index contributed by atoms with van der Waals surface area (Å²) < 4.78 is 0. The van der Waals surface area contributed by atoms with Gasteiger partial charge in [0.05, 0.1) is 11.8 Å². The molecule has 4 heteroatoms. The Morgan fingerprint density at radius 2 is 1.79 bits per heavy atom. The molecule has 1 aromatic carbocycles. The maximum absolute atomic E-state index is 9.05. The molecule has 0 radical (unpaired) electrons. The molecule has 0 amide bonds. The summed E-state index contributed by atoms with van der Waals surface area (Å²) in [6.07, 6.45) is 3.26. The summed E-state index contributed by atoms with van der Waals surface area (Å²) in [6, 6.07) is 11.0. The van der Waals surface area contributed by atoms with E-state index in [1.165, 1.54) is 5.69 Å². The fourth-order valence-corrected chi connectivity index (χ4v) is 3.25. The van der Waals surface area contributed by atoms with Crippen LogP contribution in [0.2, 0.25) is 0 Å². The van der Waals surface area contributed by atoms with Crippen LogP contribution in [0.3, 0.4) is 0 Å². The van der Waals surface area contributed by atoms with E-state index in [0.29, 0.717) is 6.04 Å². The first-order chi connectivity index (χ1) is 9.38. The minimum absolute atomic E-state index is 0.378. The highest BCUT2D eigenvalue weighted by atomic mass is 16.4. The van der Waals surface area contributed by atoms with Gasteiger partial charge in [0.2, 0.25) is 0 Å². The topological polar surface area (TPSA) is 39.1 Å². The molecule has 2 aliphatic rings. The first kappa shape index (κ1) is 12.5. The van der Waals surface area contributed by atoms with Gasteiger partial charge in [-0.2, -0.15) is 0 Å². The van der Waals surface area contributed by atoms with Crippen molar-refractivity contribution in [2.45, 2.75) is 25.3 Å². The van der Waals surface area contributed by atoms with Crippen LogP contribution in [0.1, 0.15) is 19.3 Å². The van der Waals surface area contributed by atoms with Gasteiger partial charge in [-0.25, -0.2) is 0 Å². The summed E-state index contributed by atoms with van der Waals surface area (Å²) in [6.45, 7) is 4.22. The van der Waals surface area contributed by atoms with Crippen LogP contribution in [-0.4, -0.2) is 48.0 Å². The van der Waals surface area contributed by atoms with Crippen LogP contribution in [0.4, 0.5) is 5.69 Å². The van der Waals surface area contributed by atoms with Crippen molar-refractivity contribution in [3.05, 3.63) is 30.3 Å². The lowest BCUT2D eigenvalue weighted by Crippen LogP contribution is -2.51. The smallest absolute Gasteiger partial charge is 0.0742 e. The summed E-state index contributed by atoms with van der Waals surface area (Å²) in [5.41, 5.74) is 2.29. The van der Waals surface area contributed by atoms with Gasteiger partial charge in [0.1, 0.15) is 0 Å². The molecule has 1 saturated carbocycles. The molecule has 1 saturated heterocycles. The predicted molar refractivity (Wildman–Crippen MR) is 77.1 cm³/mol. The number of oxime groups is 1. The summed E-state index contributed by atoms with van der Waals surface area (Å²) in [5.74, 6) is 0. The first-order valence-electron chi connectivity index (χ1n) is 7.13. The van der Waals surface area contributed by atoms with Gasteiger partial charge in [-0.05, 0) is 31.4 Å². The lowest BCUT2D eigenvalue weighted by Gasteiger charge is -2.39. The summed E-state index contributed by atoms with van der Waals surface area (Å²) in [4.78, 5) is 4.91. The van der Waals surface area contributed by atoms with Crippen LogP contribution in [0.25, 0.3) is 0 Å². The number of anilines is 1. The zero-order valence-corrected chi connectivity index (χ0v) is 11.2. The van der Waals surface area contributed by atoms with E-state index >= 15 is 0 Å². The second-order valence-corrected chi connectivity index (χ2v) is 5.36. The number of hydrogen-bond donors (Lipinski definition) is 1. The third-order valence-corrected chi connectivity index (χ3v) is 4.30. The van der Waals surface area contributed by atoms with E-state index in [9.17, 15) is 0 Å². The molecule has 0 spiro atoms. The number of rotatable bonds is 2. The molecular formula is C15H21N3O. The van der Waals surface area contributed by atoms with E-state index in [4.69, 9.17) is 5.21 Å². The normalized spacial score (nSPS) is 27.1. The number of benzene rings is 1. The Morgan fingerprint density at radius 3 is 2.47 bits per heavy atom. The second-order valence-electron chi connectivity index (χ2n) is 5.36. The van der Waals surface area contributed by atoms with E-state index in [0.717, 1.165) is 51.2 Å². The quantitative estimate of drug-likeness (QED) is 0.653. The molecule has 0 bridgehead atoms. The van der Waals surface area contributed by atoms with Gasteiger partial charge in [-0.15, -0.1) is 0 Å². The summed E-state index contributed by atoms with van der Waals surface area (Å²) >= 11 is 0. The van der Waals surface area contributed by atoms with Gasteiger partial charge in [0, 0.05) is 31.9 Å². The van der Waals surface area contributed by atoms with Gasteiger partial charge in [-0.3, -0.25) is 4.90 Å². The molecule has 19 heavy (non-hydrogen) atoms. The zero-order valence-electron chi connectivity index (χ0n) is 11.2. The highest BCUT2D eigenvalue weighted by Crippen LogP contribution is 2.24.